The van der Waals surface area contributed by atoms with Crippen LogP contribution in [0.5, 0.6) is 0 Å². The van der Waals surface area contributed by atoms with E-state index in [9.17, 15) is 14.8 Å². The summed E-state index contributed by atoms with van der Waals surface area (Å²) in [6.45, 7) is 1.30. The highest BCUT2D eigenvalue weighted by Crippen LogP contribution is 2.32. The number of rotatable bonds is 6. The van der Waals surface area contributed by atoms with Crippen LogP contribution in [-0.4, -0.2) is 61.5 Å². The van der Waals surface area contributed by atoms with Crippen molar-refractivity contribution in [3.63, 3.8) is 0 Å². The van der Waals surface area contributed by atoms with Crippen LogP contribution in [0.4, 0.5) is 11.6 Å². The van der Waals surface area contributed by atoms with Crippen LogP contribution in [-0.2, 0) is 13.0 Å². The predicted molar refractivity (Wildman–Crippen MR) is 128 cm³/mol. The van der Waals surface area contributed by atoms with Gasteiger partial charge in [-0.05, 0) is 36.0 Å². The lowest BCUT2D eigenvalue weighted by molar-refractivity contribution is 0.0993. The number of carbonyl (C=O) groups is 1. The van der Waals surface area contributed by atoms with E-state index in [4.69, 9.17) is 15.7 Å². The number of aromatic nitrogens is 5. The fraction of sp³-hybridized carbons (Fsp3) is 0.227. The van der Waals surface area contributed by atoms with Crippen molar-refractivity contribution in [1.82, 2.24) is 24.8 Å². The van der Waals surface area contributed by atoms with E-state index in [1.54, 1.807) is 36.4 Å². The van der Waals surface area contributed by atoms with Crippen molar-refractivity contribution in [3.8, 4) is 11.5 Å². The van der Waals surface area contributed by atoms with E-state index in [-0.39, 0.29) is 5.69 Å². The van der Waals surface area contributed by atoms with Gasteiger partial charge in [0, 0.05) is 25.7 Å². The van der Waals surface area contributed by atoms with Crippen molar-refractivity contribution in [2.75, 3.05) is 23.8 Å². The Morgan fingerprint density at radius 3 is 2.82 bits per heavy atom. The lowest BCUT2D eigenvalue weighted by atomic mass is 9.79. The largest absolute Gasteiger partial charge is 0.488 e. The van der Waals surface area contributed by atoms with Gasteiger partial charge in [0.25, 0.3) is 5.91 Å². The standard InChI is InChI=1S/C22H23BN8O3/c1-30-10-4-7-15-20(25-12-13-5-2-6-14(11-13)23(33)34)26-21(27-22(15)30)18-16-8-3-9-17(19(24)32)31(16)29-28-18/h2-3,5-6,8-9,11,33-34H,4,7,10,12H2,1H3,(H2,24,32)(H,25,26,27). The molecule has 0 radical (unpaired) electrons. The van der Waals surface area contributed by atoms with Gasteiger partial charge < -0.3 is 26.0 Å². The zero-order valence-corrected chi connectivity index (χ0v) is 18.5. The molecule has 0 aliphatic carbocycles. The van der Waals surface area contributed by atoms with Gasteiger partial charge in [0.1, 0.15) is 17.3 Å². The van der Waals surface area contributed by atoms with E-state index in [1.165, 1.54) is 4.52 Å². The molecule has 4 heterocycles. The lowest BCUT2D eigenvalue weighted by Gasteiger charge is -2.28. The SMILES string of the molecule is CN1CCCc2c(NCc3cccc(B(O)O)c3)nc(-c3nnn4c(C(N)=O)cccc34)nc21. The fourth-order valence-corrected chi connectivity index (χ4v) is 4.18. The molecule has 172 valence electrons. The maximum Gasteiger partial charge on any atom is 0.488 e. The highest BCUT2D eigenvalue weighted by Gasteiger charge is 2.24. The number of amides is 1. The molecule has 0 spiro atoms. The van der Waals surface area contributed by atoms with Gasteiger partial charge in [-0.2, -0.15) is 0 Å². The molecular weight excluding hydrogens is 435 g/mol. The van der Waals surface area contributed by atoms with Gasteiger partial charge in [-0.15, -0.1) is 5.10 Å². The molecule has 12 heteroatoms. The molecule has 1 aliphatic heterocycles. The van der Waals surface area contributed by atoms with Crippen LogP contribution in [0.25, 0.3) is 17.0 Å². The van der Waals surface area contributed by atoms with Gasteiger partial charge in [0.15, 0.2) is 11.5 Å². The number of nitrogens with zero attached hydrogens (tertiary/aromatic N) is 6. The summed E-state index contributed by atoms with van der Waals surface area (Å²) < 4.78 is 1.39. The van der Waals surface area contributed by atoms with Gasteiger partial charge in [-0.25, -0.2) is 14.5 Å². The van der Waals surface area contributed by atoms with Crippen molar-refractivity contribution in [2.24, 2.45) is 5.73 Å². The first-order chi connectivity index (χ1) is 16.4. The van der Waals surface area contributed by atoms with Crippen LogP contribution in [0.1, 0.15) is 28.0 Å². The molecule has 0 unspecified atom stereocenters. The third-order valence-corrected chi connectivity index (χ3v) is 5.88. The molecule has 1 amide bonds. The first-order valence-electron chi connectivity index (χ1n) is 10.9. The van der Waals surface area contributed by atoms with Crippen molar-refractivity contribution >= 4 is 35.6 Å². The minimum absolute atomic E-state index is 0.218. The molecule has 0 bridgehead atoms. The van der Waals surface area contributed by atoms with E-state index in [2.05, 4.69) is 20.5 Å². The van der Waals surface area contributed by atoms with E-state index in [0.717, 1.165) is 36.3 Å². The zero-order chi connectivity index (χ0) is 23.8. The minimum Gasteiger partial charge on any atom is -0.423 e. The Bertz CT molecular complexity index is 1390. The Morgan fingerprint density at radius 1 is 1.21 bits per heavy atom. The van der Waals surface area contributed by atoms with Crippen LogP contribution in [0, 0.1) is 0 Å². The Morgan fingerprint density at radius 2 is 2.03 bits per heavy atom. The second kappa shape index (κ2) is 8.73. The topological polar surface area (TPSA) is 155 Å². The van der Waals surface area contributed by atoms with Gasteiger partial charge >= 0.3 is 7.12 Å². The number of hydrogen-bond acceptors (Lipinski definition) is 9. The number of carbonyl (C=O) groups excluding carboxylic acids is 1. The lowest BCUT2D eigenvalue weighted by Crippen LogP contribution is -2.30. The van der Waals surface area contributed by atoms with Crippen LogP contribution in [0.15, 0.2) is 42.5 Å². The fourth-order valence-electron chi connectivity index (χ4n) is 4.18. The number of fused-ring (bicyclic) bond motifs is 2. The van der Waals surface area contributed by atoms with E-state index < -0.39 is 13.0 Å². The molecule has 4 aromatic rings. The Hall–Kier alpha value is -4.03. The summed E-state index contributed by atoms with van der Waals surface area (Å²) in [6, 6.07) is 12.2. The third-order valence-electron chi connectivity index (χ3n) is 5.88. The summed E-state index contributed by atoms with van der Waals surface area (Å²) in [6.07, 6.45) is 1.80. The summed E-state index contributed by atoms with van der Waals surface area (Å²) >= 11 is 0. The Labute approximate surface area is 195 Å². The molecule has 0 saturated heterocycles. The number of nitrogens with two attached hydrogens (primary N) is 1. The van der Waals surface area contributed by atoms with Crippen LogP contribution < -0.4 is 21.4 Å². The second-order valence-electron chi connectivity index (χ2n) is 8.21. The summed E-state index contributed by atoms with van der Waals surface area (Å²) in [7, 11) is 0.457. The second-order valence-corrected chi connectivity index (χ2v) is 8.21. The zero-order valence-electron chi connectivity index (χ0n) is 18.5. The number of anilines is 2. The third kappa shape index (κ3) is 3.93. The first kappa shape index (κ1) is 21.8. The molecule has 3 aromatic heterocycles. The summed E-state index contributed by atoms with van der Waals surface area (Å²) in [4.78, 5) is 23.4. The molecule has 34 heavy (non-hydrogen) atoms. The van der Waals surface area contributed by atoms with Gasteiger partial charge in [-0.3, -0.25) is 4.79 Å². The maximum atomic E-state index is 11.8. The molecule has 1 aromatic carbocycles. The monoisotopic (exact) mass is 458 g/mol. The van der Waals surface area contributed by atoms with E-state index in [1.807, 2.05) is 13.1 Å². The number of nitrogens with one attached hydrogen (secondary N) is 1. The molecule has 11 nitrogen and oxygen atoms in total. The van der Waals surface area contributed by atoms with Gasteiger partial charge in [-0.1, -0.05) is 35.5 Å². The van der Waals surface area contributed by atoms with Crippen LogP contribution >= 0.6 is 0 Å². The Balaban J connectivity index is 1.57. The van der Waals surface area contributed by atoms with Gasteiger partial charge in [0.2, 0.25) is 0 Å². The average molecular weight is 458 g/mol. The number of pyridine rings is 1. The smallest absolute Gasteiger partial charge is 0.423 e. The quantitative estimate of drug-likeness (QED) is 0.291. The number of benzene rings is 1. The number of hydrogen-bond donors (Lipinski definition) is 4. The molecule has 0 atom stereocenters. The normalized spacial score (nSPS) is 13.1. The Kier molecular flexibility index (Phi) is 5.60. The van der Waals surface area contributed by atoms with E-state index >= 15 is 0 Å². The summed E-state index contributed by atoms with van der Waals surface area (Å²) in [5.74, 6) is 1.26. The maximum absolute atomic E-state index is 11.8. The molecule has 5 N–H and O–H groups in total. The van der Waals surface area contributed by atoms with Gasteiger partial charge in [0.05, 0.1) is 5.52 Å². The highest BCUT2D eigenvalue weighted by molar-refractivity contribution is 6.58. The highest BCUT2D eigenvalue weighted by atomic mass is 16.4. The molecule has 1 aliphatic rings. The molecule has 0 saturated carbocycles. The minimum atomic E-state index is -1.53. The number of primary amides is 1. The van der Waals surface area contributed by atoms with Crippen LogP contribution in [0.3, 0.4) is 0 Å². The summed E-state index contributed by atoms with van der Waals surface area (Å²) in [5.41, 5.74) is 9.02. The van der Waals surface area contributed by atoms with Crippen molar-refractivity contribution in [1.29, 1.82) is 0 Å². The average Bonchev–Trinajstić information content (AvgIpc) is 3.27. The van der Waals surface area contributed by atoms with Crippen molar-refractivity contribution in [2.45, 2.75) is 19.4 Å². The van der Waals surface area contributed by atoms with Crippen molar-refractivity contribution in [3.05, 3.63) is 59.3 Å². The van der Waals surface area contributed by atoms with Crippen molar-refractivity contribution < 1.29 is 14.8 Å². The predicted octanol–water partition coefficient (Wildman–Crippen LogP) is -0.0405. The first-order valence-corrected chi connectivity index (χ1v) is 10.9. The van der Waals surface area contributed by atoms with Crippen LogP contribution in [0.2, 0.25) is 0 Å². The molecule has 0 fully saturated rings. The summed E-state index contributed by atoms with van der Waals surface area (Å²) in [5, 5.41) is 30.7. The molecular formula is C22H23BN8O3. The van der Waals surface area contributed by atoms with E-state index in [0.29, 0.717) is 34.9 Å². The molecule has 5 rings (SSSR count).